The number of H-pyrrole nitrogens is 1. The molecule has 19 heavy (non-hydrogen) atoms. The first-order valence-electron chi connectivity index (χ1n) is 5.73. The van der Waals surface area contributed by atoms with Gasteiger partial charge in [0.2, 0.25) is 5.82 Å². The van der Waals surface area contributed by atoms with Crippen molar-refractivity contribution in [2.24, 2.45) is 0 Å². The number of rotatable bonds is 3. The van der Waals surface area contributed by atoms with E-state index in [0.29, 0.717) is 11.5 Å². The molecule has 1 N–H and O–H groups in total. The lowest BCUT2D eigenvalue weighted by Crippen LogP contribution is -1.92. The van der Waals surface area contributed by atoms with Crippen LogP contribution in [0.4, 0.5) is 0 Å². The van der Waals surface area contributed by atoms with E-state index < -0.39 is 0 Å². The van der Waals surface area contributed by atoms with Crippen LogP contribution in [0.25, 0.3) is 22.8 Å². The van der Waals surface area contributed by atoms with Gasteiger partial charge in [-0.3, -0.25) is 0 Å². The molecule has 3 rings (SSSR count). The standard InChI is InChI=1S/C13H11N5O/c1-19-12-8-3-2-5-9(12)10-6-4-7-11(14-10)13-15-17-18-16-13/h2-8H,1H3,(H,15,16,17,18). The second-order valence-corrected chi connectivity index (χ2v) is 3.84. The van der Waals surface area contributed by atoms with E-state index >= 15 is 0 Å². The Hall–Kier alpha value is -2.76. The van der Waals surface area contributed by atoms with Crippen LogP contribution in [0.1, 0.15) is 0 Å². The van der Waals surface area contributed by atoms with Gasteiger partial charge in [0.05, 0.1) is 12.8 Å². The largest absolute Gasteiger partial charge is 0.496 e. The zero-order valence-corrected chi connectivity index (χ0v) is 10.2. The molecule has 0 radical (unpaired) electrons. The summed E-state index contributed by atoms with van der Waals surface area (Å²) < 4.78 is 5.34. The SMILES string of the molecule is COc1ccccc1-c1cccc(-c2nn[nH]n2)n1. The summed E-state index contributed by atoms with van der Waals surface area (Å²) >= 11 is 0. The Bertz CT molecular complexity index is 681. The van der Waals surface area contributed by atoms with Crippen molar-refractivity contribution in [3.05, 3.63) is 42.5 Å². The summed E-state index contributed by atoms with van der Waals surface area (Å²) in [5, 5.41) is 13.8. The highest BCUT2D eigenvalue weighted by molar-refractivity contribution is 5.68. The second kappa shape index (κ2) is 4.85. The van der Waals surface area contributed by atoms with Gasteiger partial charge in [-0.25, -0.2) is 4.98 Å². The minimum Gasteiger partial charge on any atom is -0.496 e. The van der Waals surface area contributed by atoms with Crippen molar-refractivity contribution in [3.63, 3.8) is 0 Å². The molecule has 94 valence electrons. The zero-order valence-electron chi connectivity index (χ0n) is 10.2. The molecule has 2 heterocycles. The molecular formula is C13H11N5O. The maximum Gasteiger partial charge on any atom is 0.222 e. The average Bonchev–Trinajstić information content (AvgIpc) is 3.01. The van der Waals surface area contributed by atoms with E-state index in [-0.39, 0.29) is 0 Å². The first-order chi connectivity index (χ1) is 9.38. The number of nitrogens with zero attached hydrogens (tertiary/aromatic N) is 4. The van der Waals surface area contributed by atoms with Gasteiger partial charge in [0.15, 0.2) is 0 Å². The Balaban J connectivity index is 2.09. The van der Waals surface area contributed by atoms with Crippen molar-refractivity contribution < 1.29 is 4.74 Å². The lowest BCUT2D eigenvalue weighted by Gasteiger charge is -2.07. The van der Waals surface area contributed by atoms with E-state index in [2.05, 4.69) is 25.6 Å². The third-order valence-electron chi connectivity index (χ3n) is 2.71. The molecule has 0 spiro atoms. The van der Waals surface area contributed by atoms with Crippen LogP contribution in [0, 0.1) is 0 Å². The average molecular weight is 253 g/mol. The van der Waals surface area contributed by atoms with Crippen LogP contribution in [-0.2, 0) is 0 Å². The topological polar surface area (TPSA) is 76.6 Å². The maximum absolute atomic E-state index is 5.34. The first kappa shape index (κ1) is 11.3. The molecule has 0 aliphatic rings. The smallest absolute Gasteiger partial charge is 0.222 e. The number of tetrazole rings is 1. The highest BCUT2D eigenvalue weighted by Gasteiger charge is 2.09. The van der Waals surface area contributed by atoms with Crippen molar-refractivity contribution >= 4 is 0 Å². The van der Waals surface area contributed by atoms with Gasteiger partial charge in [-0.1, -0.05) is 18.2 Å². The van der Waals surface area contributed by atoms with Crippen molar-refractivity contribution in [2.45, 2.75) is 0 Å². The fourth-order valence-corrected chi connectivity index (χ4v) is 1.84. The van der Waals surface area contributed by atoms with Crippen molar-refractivity contribution in [1.82, 2.24) is 25.6 Å². The zero-order chi connectivity index (χ0) is 13.1. The van der Waals surface area contributed by atoms with E-state index in [0.717, 1.165) is 17.0 Å². The summed E-state index contributed by atoms with van der Waals surface area (Å²) in [5.74, 6) is 1.25. The molecule has 0 atom stereocenters. The molecule has 0 aliphatic heterocycles. The molecule has 6 heteroatoms. The predicted octanol–water partition coefficient (Wildman–Crippen LogP) is 1.94. The van der Waals surface area contributed by atoms with Crippen molar-refractivity contribution in [2.75, 3.05) is 7.11 Å². The number of methoxy groups -OCH3 is 1. The number of benzene rings is 1. The molecule has 1 aromatic carbocycles. The minimum atomic E-state index is 0.469. The van der Waals surface area contributed by atoms with Gasteiger partial charge in [-0.2, -0.15) is 5.21 Å². The predicted molar refractivity (Wildman–Crippen MR) is 69.4 cm³/mol. The molecule has 0 saturated carbocycles. The van der Waals surface area contributed by atoms with Crippen LogP contribution in [0.15, 0.2) is 42.5 Å². The molecular weight excluding hydrogens is 242 g/mol. The summed E-state index contributed by atoms with van der Waals surface area (Å²) in [6.07, 6.45) is 0. The Labute approximate surface area is 109 Å². The molecule has 0 aliphatic carbocycles. The lowest BCUT2D eigenvalue weighted by molar-refractivity contribution is 0.416. The molecule has 2 aromatic heterocycles. The highest BCUT2D eigenvalue weighted by Crippen LogP contribution is 2.28. The highest BCUT2D eigenvalue weighted by atomic mass is 16.5. The number of aromatic amines is 1. The lowest BCUT2D eigenvalue weighted by atomic mass is 10.1. The Morgan fingerprint density at radius 1 is 1.00 bits per heavy atom. The molecule has 3 aromatic rings. The Morgan fingerprint density at radius 3 is 2.63 bits per heavy atom. The van der Waals surface area contributed by atoms with Crippen LogP contribution >= 0.6 is 0 Å². The van der Waals surface area contributed by atoms with Crippen LogP contribution in [0.3, 0.4) is 0 Å². The first-order valence-corrected chi connectivity index (χ1v) is 5.73. The number of hydrogen-bond acceptors (Lipinski definition) is 5. The summed E-state index contributed by atoms with van der Waals surface area (Å²) in [7, 11) is 1.64. The summed E-state index contributed by atoms with van der Waals surface area (Å²) in [6, 6.07) is 13.4. The summed E-state index contributed by atoms with van der Waals surface area (Å²) in [5.41, 5.74) is 2.40. The van der Waals surface area contributed by atoms with Gasteiger partial charge < -0.3 is 4.74 Å². The molecule has 0 unspecified atom stereocenters. The Kier molecular flexibility index (Phi) is 2.89. The normalized spacial score (nSPS) is 10.4. The maximum atomic E-state index is 5.34. The summed E-state index contributed by atoms with van der Waals surface area (Å²) in [6.45, 7) is 0. The van der Waals surface area contributed by atoms with Gasteiger partial charge in [0.1, 0.15) is 11.4 Å². The van der Waals surface area contributed by atoms with E-state index in [1.807, 2.05) is 42.5 Å². The number of aromatic nitrogens is 5. The number of pyridine rings is 1. The van der Waals surface area contributed by atoms with Crippen LogP contribution in [0.2, 0.25) is 0 Å². The monoisotopic (exact) mass is 253 g/mol. The van der Waals surface area contributed by atoms with Crippen LogP contribution in [-0.4, -0.2) is 32.7 Å². The number of hydrogen-bond donors (Lipinski definition) is 1. The molecule has 6 nitrogen and oxygen atoms in total. The second-order valence-electron chi connectivity index (χ2n) is 3.84. The Morgan fingerprint density at radius 2 is 1.84 bits per heavy atom. The van der Waals surface area contributed by atoms with Crippen LogP contribution in [0.5, 0.6) is 5.75 Å². The van der Waals surface area contributed by atoms with Gasteiger partial charge >= 0.3 is 0 Å². The fourth-order valence-electron chi connectivity index (χ4n) is 1.84. The third kappa shape index (κ3) is 2.15. The van der Waals surface area contributed by atoms with E-state index in [1.165, 1.54) is 0 Å². The van der Waals surface area contributed by atoms with E-state index in [1.54, 1.807) is 7.11 Å². The summed E-state index contributed by atoms with van der Waals surface area (Å²) in [4.78, 5) is 4.53. The van der Waals surface area contributed by atoms with Gasteiger partial charge in [0, 0.05) is 5.56 Å². The number of nitrogens with one attached hydrogen (secondary N) is 1. The minimum absolute atomic E-state index is 0.469. The molecule has 0 bridgehead atoms. The molecule has 0 saturated heterocycles. The van der Waals surface area contributed by atoms with Crippen LogP contribution < -0.4 is 4.74 Å². The van der Waals surface area contributed by atoms with E-state index in [9.17, 15) is 0 Å². The van der Waals surface area contributed by atoms with Gasteiger partial charge in [-0.15, -0.1) is 10.2 Å². The van der Waals surface area contributed by atoms with E-state index in [4.69, 9.17) is 4.74 Å². The van der Waals surface area contributed by atoms with Crippen molar-refractivity contribution in [3.8, 4) is 28.5 Å². The number of ether oxygens (including phenoxy) is 1. The van der Waals surface area contributed by atoms with Gasteiger partial charge in [-0.05, 0) is 29.5 Å². The fraction of sp³-hybridized carbons (Fsp3) is 0.0769. The molecule has 0 amide bonds. The number of para-hydroxylation sites is 1. The van der Waals surface area contributed by atoms with Gasteiger partial charge in [0.25, 0.3) is 0 Å². The quantitative estimate of drug-likeness (QED) is 0.771. The van der Waals surface area contributed by atoms with Crippen molar-refractivity contribution in [1.29, 1.82) is 0 Å². The molecule has 0 fully saturated rings. The third-order valence-corrected chi connectivity index (χ3v) is 2.71.